The van der Waals surface area contributed by atoms with Crippen molar-refractivity contribution in [1.29, 1.82) is 0 Å². The second-order valence-corrected chi connectivity index (χ2v) is 2.73. The molecule has 0 aromatic carbocycles. The molecule has 4 nitrogen and oxygen atoms in total. The van der Waals surface area contributed by atoms with Gasteiger partial charge in [-0.25, -0.2) is 0 Å². The van der Waals surface area contributed by atoms with E-state index in [0.717, 1.165) is 0 Å². The first kappa shape index (κ1) is 7.36. The largest absolute Gasteiger partial charge is 0.484 e. The maximum absolute atomic E-state index is 5.52. The second-order valence-electron chi connectivity index (χ2n) is 2.73. The molecule has 4 heteroatoms. The van der Waals surface area contributed by atoms with Crippen molar-refractivity contribution in [2.24, 2.45) is 0 Å². The minimum absolute atomic E-state index is 0.175. The van der Waals surface area contributed by atoms with Gasteiger partial charge in [0.15, 0.2) is 0 Å². The summed E-state index contributed by atoms with van der Waals surface area (Å²) in [5.74, 6) is 0.711. The van der Waals surface area contributed by atoms with E-state index < -0.39 is 0 Å². The van der Waals surface area contributed by atoms with E-state index in [2.05, 4.69) is 4.98 Å². The molecular weight excluding hydrogens is 156 g/mol. The van der Waals surface area contributed by atoms with Gasteiger partial charge in [0.05, 0.1) is 31.3 Å². The number of anilines is 1. The van der Waals surface area contributed by atoms with Gasteiger partial charge in [-0.2, -0.15) is 0 Å². The molecule has 0 atom stereocenters. The van der Waals surface area contributed by atoms with Crippen LogP contribution in [0.4, 0.5) is 5.69 Å². The number of pyridine rings is 1. The Hall–Kier alpha value is -1.29. The van der Waals surface area contributed by atoms with E-state index in [4.69, 9.17) is 15.2 Å². The lowest BCUT2D eigenvalue weighted by atomic mass is 10.3. The predicted molar refractivity (Wildman–Crippen MR) is 43.9 cm³/mol. The van der Waals surface area contributed by atoms with E-state index >= 15 is 0 Å². The summed E-state index contributed by atoms with van der Waals surface area (Å²) >= 11 is 0. The summed E-state index contributed by atoms with van der Waals surface area (Å²) in [6, 6.07) is 1.76. The number of rotatable bonds is 2. The molecule has 0 radical (unpaired) electrons. The molecule has 0 amide bonds. The summed E-state index contributed by atoms with van der Waals surface area (Å²) in [7, 11) is 0. The third kappa shape index (κ3) is 1.48. The number of nitrogens with zero attached hydrogens (tertiary/aromatic N) is 1. The highest BCUT2D eigenvalue weighted by Gasteiger charge is 2.19. The van der Waals surface area contributed by atoms with E-state index in [1.807, 2.05) is 0 Å². The average Bonchev–Trinajstić information content (AvgIpc) is 1.97. The molecule has 12 heavy (non-hydrogen) atoms. The zero-order valence-electron chi connectivity index (χ0n) is 6.56. The number of aromatic nitrogens is 1. The molecule has 64 valence electrons. The maximum Gasteiger partial charge on any atom is 0.145 e. The Labute approximate surface area is 70.3 Å². The van der Waals surface area contributed by atoms with Gasteiger partial charge < -0.3 is 15.2 Å². The van der Waals surface area contributed by atoms with Crippen LogP contribution in [0.3, 0.4) is 0 Å². The third-order valence-corrected chi connectivity index (χ3v) is 1.64. The van der Waals surface area contributed by atoms with Gasteiger partial charge in [0, 0.05) is 6.07 Å². The van der Waals surface area contributed by atoms with Gasteiger partial charge in [-0.15, -0.1) is 0 Å². The molecule has 1 aliphatic heterocycles. The van der Waals surface area contributed by atoms with Crippen molar-refractivity contribution in [2.45, 2.75) is 6.10 Å². The summed E-state index contributed by atoms with van der Waals surface area (Å²) in [5.41, 5.74) is 6.14. The normalized spacial score (nSPS) is 17.0. The molecule has 2 N–H and O–H groups in total. The Morgan fingerprint density at radius 3 is 2.92 bits per heavy atom. The van der Waals surface area contributed by atoms with E-state index in [0.29, 0.717) is 24.7 Å². The molecule has 0 aliphatic carbocycles. The Morgan fingerprint density at radius 1 is 1.50 bits per heavy atom. The van der Waals surface area contributed by atoms with Crippen molar-refractivity contribution in [3.8, 4) is 5.75 Å². The highest BCUT2D eigenvalue weighted by atomic mass is 16.6. The predicted octanol–water partition coefficient (Wildman–Crippen LogP) is 0.441. The van der Waals surface area contributed by atoms with Gasteiger partial charge in [-0.3, -0.25) is 4.98 Å². The minimum atomic E-state index is 0.175. The summed E-state index contributed by atoms with van der Waals surface area (Å²) in [4.78, 5) is 3.90. The van der Waals surface area contributed by atoms with Crippen LogP contribution in [0.1, 0.15) is 0 Å². The monoisotopic (exact) mass is 166 g/mol. The van der Waals surface area contributed by atoms with Crippen LogP contribution < -0.4 is 10.5 Å². The second kappa shape index (κ2) is 2.98. The fourth-order valence-corrected chi connectivity index (χ4v) is 0.975. The maximum atomic E-state index is 5.52. The number of hydrogen-bond acceptors (Lipinski definition) is 4. The average molecular weight is 166 g/mol. The number of nitrogen functional groups attached to an aromatic ring is 1. The van der Waals surface area contributed by atoms with Crippen molar-refractivity contribution in [3.05, 3.63) is 18.5 Å². The molecular formula is C8H10N2O2. The highest BCUT2D eigenvalue weighted by Crippen LogP contribution is 2.16. The molecule has 0 bridgehead atoms. The third-order valence-electron chi connectivity index (χ3n) is 1.64. The van der Waals surface area contributed by atoms with Crippen LogP contribution in [0.2, 0.25) is 0 Å². The summed E-state index contributed by atoms with van der Waals surface area (Å²) in [6.07, 6.45) is 3.41. The van der Waals surface area contributed by atoms with Crippen molar-refractivity contribution in [1.82, 2.24) is 4.98 Å². The van der Waals surface area contributed by atoms with Gasteiger partial charge in [0.25, 0.3) is 0 Å². The van der Waals surface area contributed by atoms with Crippen LogP contribution in [-0.4, -0.2) is 24.3 Å². The van der Waals surface area contributed by atoms with Crippen molar-refractivity contribution in [3.63, 3.8) is 0 Å². The SMILES string of the molecule is Nc1cncc(OC2COC2)c1. The standard InChI is InChI=1S/C8H10N2O2/c9-6-1-7(3-10-2-6)12-8-4-11-5-8/h1-3,8H,4-5,9H2. The Morgan fingerprint density at radius 2 is 2.33 bits per heavy atom. The fraction of sp³-hybridized carbons (Fsp3) is 0.375. The molecule has 0 unspecified atom stereocenters. The molecule has 0 spiro atoms. The summed E-state index contributed by atoms with van der Waals surface area (Å²) in [6.45, 7) is 1.32. The molecule has 1 aromatic rings. The minimum Gasteiger partial charge on any atom is -0.484 e. The molecule has 2 heterocycles. The van der Waals surface area contributed by atoms with Crippen LogP contribution in [0.25, 0.3) is 0 Å². The molecule has 1 saturated heterocycles. The van der Waals surface area contributed by atoms with Crippen LogP contribution >= 0.6 is 0 Å². The number of ether oxygens (including phenoxy) is 2. The summed E-state index contributed by atoms with van der Waals surface area (Å²) < 4.78 is 10.4. The zero-order chi connectivity index (χ0) is 8.39. The van der Waals surface area contributed by atoms with Crippen molar-refractivity contribution >= 4 is 5.69 Å². The number of nitrogens with two attached hydrogens (primary N) is 1. The van der Waals surface area contributed by atoms with Crippen LogP contribution in [0.5, 0.6) is 5.75 Å². The van der Waals surface area contributed by atoms with Gasteiger partial charge >= 0.3 is 0 Å². The number of hydrogen-bond donors (Lipinski definition) is 1. The van der Waals surface area contributed by atoms with E-state index in [1.165, 1.54) is 0 Å². The van der Waals surface area contributed by atoms with Crippen LogP contribution in [-0.2, 0) is 4.74 Å². The molecule has 0 saturated carbocycles. The Kier molecular flexibility index (Phi) is 1.83. The molecule has 1 fully saturated rings. The topological polar surface area (TPSA) is 57.4 Å². The Balaban J connectivity index is 2.02. The van der Waals surface area contributed by atoms with Crippen molar-refractivity contribution in [2.75, 3.05) is 18.9 Å². The lowest BCUT2D eigenvalue weighted by Crippen LogP contribution is -2.38. The molecule has 1 aromatic heterocycles. The van der Waals surface area contributed by atoms with Gasteiger partial charge in [-0.05, 0) is 0 Å². The molecule has 2 rings (SSSR count). The first-order valence-corrected chi connectivity index (χ1v) is 3.79. The smallest absolute Gasteiger partial charge is 0.145 e. The van der Waals surface area contributed by atoms with E-state index in [1.54, 1.807) is 18.5 Å². The lowest BCUT2D eigenvalue weighted by Gasteiger charge is -2.26. The lowest BCUT2D eigenvalue weighted by molar-refractivity contribution is -0.0797. The quantitative estimate of drug-likeness (QED) is 0.692. The van der Waals surface area contributed by atoms with Crippen molar-refractivity contribution < 1.29 is 9.47 Å². The molecule has 1 aliphatic rings. The van der Waals surface area contributed by atoms with Gasteiger partial charge in [-0.1, -0.05) is 0 Å². The Bertz CT molecular complexity index is 274. The summed E-state index contributed by atoms with van der Waals surface area (Å²) in [5, 5.41) is 0. The first-order chi connectivity index (χ1) is 5.84. The van der Waals surface area contributed by atoms with Crippen LogP contribution in [0.15, 0.2) is 18.5 Å². The zero-order valence-corrected chi connectivity index (χ0v) is 6.56. The first-order valence-electron chi connectivity index (χ1n) is 3.79. The van der Waals surface area contributed by atoms with Gasteiger partial charge in [0.2, 0.25) is 0 Å². The fourth-order valence-electron chi connectivity index (χ4n) is 0.975. The van der Waals surface area contributed by atoms with E-state index in [-0.39, 0.29) is 6.10 Å². The van der Waals surface area contributed by atoms with Gasteiger partial charge in [0.1, 0.15) is 11.9 Å². The van der Waals surface area contributed by atoms with Crippen LogP contribution in [0, 0.1) is 0 Å². The highest BCUT2D eigenvalue weighted by molar-refractivity contribution is 5.40. The van der Waals surface area contributed by atoms with E-state index in [9.17, 15) is 0 Å².